The van der Waals surface area contributed by atoms with E-state index in [0.29, 0.717) is 24.5 Å². The Hall–Kier alpha value is -3.72. The van der Waals surface area contributed by atoms with Crippen molar-refractivity contribution in [2.45, 2.75) is 13.8 Å². The van der Waals surface area contributed by atoms with Gasteiger partial charge in [0.2, 0.25) is 5.82 Å². The molecule has 0 aliphatic carbocycles. The molecule has 0 radical (unpaired) electrons. The predicted molar refractivity (Wildman–Crippen MR) is 126 cm³/mol. The van der Waals surface area contributed by atoms with Gasteiger partial charge in [-0.1, -0.05) is 28.9 Å². The molecule has 2 aromatic heterocycles. The van der Waals surface area contributed by atoms with Crippen LogP contribution in [0.5, 0.6) is 0 Å². The average molecular weight is 464 g/mol. The molecule has 0 spiro atoms. The van der Waals surface area contributed by atoms with E-state index in [1.165, 1.54) is 6.07 Å². The third-order valence-corrected chi connectivity index (χ3v) is 6.19. The third kappa shape index (κ3) is 4.38. The number of fused-ring (bicyclic) bond motifs is 1. The number of amides is 1. The van der Waals surface area contributed by atoms with Crippen molar-refractivity contribution >= 4 is 22.6 Å². The van der Waals surface area contributed by atoms with Crippen molar-refractivity contribution in [3.63, 3.8) is 0 Å². The lowest BCUT2D eigenvalue weighted by Gasteiger charge is -2.36. The molecule has 9 heteroatoms. The Bertz CT molecular complexity index is 1320. The maximum absolute atomic E-state index is 14.0. The molecule has 0 bridgehead atoms. The second kappa shape index (κ2) is 9.26. The molecule has 1 aliphatic heterocycles. The Morgan fingerprint density at radius 3 is 2.71 bits per heavy atom. The lowest BCUT2D eigenvalue weighted by molar-refractivity contribution is 0.0904. The minimum absolute atomic E-state index is 0.101. The number of benzene rings is 2. The molecular weight excluding hydrogens is 437 g/mol. The van der Waals surface area contributed by atoms with Crippen LogP contribution in [0.1, 0.15) is 21.8 Å². The van der Waals surface area contributed by atoms with Crippen LogP contribution >= 0.6 is 0 Å². The van der Waals surface area contributed by atoms with E-state index in [0.717, 1.165) is 48.3 Å². The van der Waals surface area contributed by atoms with Crippen molar-refractivity contribution in [3.05, 3.63) is 65.3 Å². The molecule has 34 heavy (non-hydrogen) atoms. The van der Waals surface area contributed by atoms with Gasteiger partial charge >= 0.3 is 11.8 Å². The fourth-order valence-electron chi connectivity index (χ4n) is 4.28. The van der Waals surface area contributed by atoms with E-state index >= 15 is 0 Å². The Morgan fingerprint density at radius 2 is 1.91 bits per heavy atom. The van der Waals surface area contributed by atoms with Crippen molar-refractivity contribution in [2.75, 3.05) is 44.2 Å². The molecule has 4 aromatic rings. The van der Waals surface area contributed by atoms with Crippen LogP contribution in [-0.4, -0.2) is 60.2 Å². The monoisotopic (exact) mass is 463 g/mol. The van der Waals surface area contributed by atoms with Gasteiger partial charge in [-0.05, 0) is 38.1 Å². The highest BCUT2D eigenvalue weighted by Gasteiger charge is 2.22. The molecule has 8 nitrogen and oxygen atoms in total. The first kappa shape index (κ1) is 22.1. The van der Waals surface area contributed by atoms with Crippen molar-refractivity contribution in [2.24, 2.45) is 0 Å². The van der Waals surface area contributed by atoms with E-state index < -0.39 is 5.91 Å². The average Bonchev–Trinajstić information content (AvgIpc) is 3.45. The Kier molecular flexibility index (Phi) is 6.02. The smallest absolute Gasteiger partial charge is 0.316 e. The molecule has 1 N–H and O–H groups in total. The molecular formula is C25H26FN5O3. The number of aromatic nitrogens is 2. The van der Waals surface area contributed by atoms with Gasteiger partial charge in [-0.2, -0.15) is 4.98 Å². The van der Waals surface area contributed by atoms with E-state index in [4.69, 9.17) is 8.94 Å². The lowest BCUT2D eigenvalue weighted by Crippen LogP contribution is -2.48. The van der Waals surface area contributed by atoms with Crippen LogP contribution in [0.4, 0.5) is 10.1 Å². The lowest BCUT2D eigenvalue weighted by atomic mass is 10.1. The fraction of sp³-hybridized carbons (Fsp3) is 0.320. The van der Waals surface area contributed by atoms with Crippen LogP contribution in [-0.2, 0) is 0 Å². The van der Waals surface area contributed by atoms with Crippen LogP contribution in [0.25, 0.3) is 22.6 Å². The normalized spacial score (nSPS) is 14.6. The summed E-state index contributed by atoms with van der Waals surface area (Å²) in [6.07, 6.45) is 0. The van der Waals surface area contributed by atoms with E-state index in [2.05, 4.69) is 20.4 Å². The van der Waals surface area contributed by atoms with Gasteiger partial charge in [0.15, 0.2) is 5.76 Å². The number of hydrogen-bond donors (Lipinski definition) is 1. The molecule has 2 aromatic carbocycles. The first-order valence-electron chi connectivity index (χ1n) is 11.3. The number of aryl methyl sites for hydroxylation is 2. The highest BCUT2D eigenvalue weighted by Crippen LogP contribution is 2.32. The number of halogens is 1. The van der Waals surface area contributed by atoms with E-state index in [1.807, 2.05) is 43.0 Å². The summed E-state index contributed by atoms with van der Waals surface area (Å²) in [7, 11) is 0. The number of anilines is 1. The van der Waals surface area contributed by atoms with Crippen LogP contribution < -0.4 is 10.2 Å². The summed E-state index contributed by atoms with van der Waals surface area (Å²) in [6.45, 7) is 8.13. The van der Waals surface area contributed by atoms with Crippen molar-refractivity contribution < 1.29 is 18.1 Å². The number of carbonyl (C=O) groups is 1. The van der Waals surface area contributed by atoms with Gasteiger partial charge in [0.05, 0.1) is 5.69 Å². The topological polar surface area (TPSA) is 87.6 Å². The molecule has 0 atom stereocenters. The van der Waals surface area contributed by atoms with Gasteiger partial charge in [0.25, 0.3) is 0 Å². The number of hydrogen-bond acceptors (Lipinski definition) is 7. The zero-order valence-corrected chi connectivity index (χ0v) is 19.2. The van der Waals surface area contributed by atoms with Gasteiger partial charge in [0, 0.05) is 50.2 Å². The number of nitrogens with one attached hydrogen (secondary N) is 1. The maximum Gasteiger partial charge on any atom is 0.316 e. The van der Waals surface area contributed by atoms with E-state index in [9.17, 15) is 9.18 Å². The molecule has 1 aliphatic rings. The minimum Gasteiger partial charge on any atom is -0.452 e. The van der Waals surface area contributed by atoms with E-state index in [-0.39, 0.29) is 17.5 Å². The Labute approximate surface area is 196 Å². The Morgan fingerprint density at radius 1 is 1.12 bits per heavy atom. The van der Waals surface area contributed by atoms with Crippen molar-refractivity contribution in [1.82, 2.24) is 20.4 Å². The molecule has 5 rings (SSSR count). The Balaban J connectivity index is 1.14. The van der Waals surface area contributed by atoms with Gasteiger partial charge in [-0.25, -0.2) is 4.39 Å². The van der Waals surface area contributed by atoms with Crippen LogP contribution in [0.2, 0.25) is 0 Å². The maximum atomic E-state index is 14.0. The summed E-state index contributed by atoms with van der Waals surface area (Å²) in [5.41, 5.74) is 3.41. The summed E-state index contributed by atoms with van der Waals surface area (Å²) >= 11 is 0. The van der Waals surface area contributed by atoms with Crippen molar-refractivity contribution in [3.8, 4) is 11.6 Å². The van der Waals surface area contributed by atoms with Crippen molar-refractivity contribution in [1.29, 1.82) is 0 Å². The first-order valence-corrected chi connectivity index (χ1v) is 11.3. The number of rotatable bonds is 6. The standard InChI is InChI=1S/C25H26FN5O3/c1-16-7-8-21-18(15-16)17(2)22(33-21)23-28-25(34-29-23)24(32)27-9-10-30-11-13-31(14-12-30)20-6-4-3-5-19(20)26/h3-8,15H,9-14H2,1-2H3,(H,27,32). The highest BCUT2D eigenvalue weighted by molar-refractivity contribution is 5.90. The van der Waals surface area contributed by atoms with Gasteiger partial charge in [0.1, 0.15) is 11.4 Å². The van der Waals surface area contributed by atoms with Crippen LogP contribution in [0, 0.1) is 19.7 Å². The van der Waals surface area contributed by atoms with Gasteiger partial charge in [-0.3, -0.25) is 9.69 Å². The second-order valence-electron chi connectivity index (χ2n) is 8.51. The predicted octanol–water partition coefficient (Wildman–Crippen LogP) is 3.79. The fourth-order valence-corrected chi connectivity index (χ4v) is 4.28. The molecule has 0 unspecified atom stereocenters. The molecule has 1 amide bonds. The SMILES string of the molecule is Cc1ccc2oc(-c3noc(C(=O)NCCN4CCN(c5ccccc5F)CC4)n3)c(C)c2c1. The quantitative estimate of drug-likeness (QED) is 0.465. The number of nitrogens with zero attached hydrogens (tertiary/aromatic N) is 4. The zero-order valence-electron chi connectivity index (χ0n) is 19.2. The summed E-state index contributed by atoms with van der Waals surface area (Å²) in [4.78, 5) is 21.0. The largest absolute Gasteiger partial charge is 0.452 e. The summed E-state index contributed by atoms with van der Waals surface area (Å²) in [6, 6.07) is 12.8. The summed E-state index contributed by atoms with van der Waals surface area (Å²) in [5, 5.41) is 7.76. The zero-order chi connectivity index (χ0) is 23.7. The number of para-hydroxylation sites is 1. The minimum atomic E-state index is -0.423. The summed E-state index contributed by atoms with van der Waals surface area (Å²) < 4.78 is 25.1. The van der Waals surface area contributed by atoms with E-state index in [1.54, 1.807) is 12.1 Å². The van der Waals surface area contributed by atoms with Crippen LogP contribution in [0.3, 0.4) is 0 Å². The number of carbonyl (C=O) groups excluding carboxylic acids is 1. The molecule has 3 heterocycles. The highest BCUT2D eigenvalue weighted by atomic mass is 19.1. The molecule has 0 saturated carbocycles. The summed E-state index contributed by atoms with van der Waals surface area (Å²) in [5.74, 6) is 0.0238. The number of piperazine rings is 1. The number of furan rings is 1. The first-order chi connectivity index (χ1) is 16.5. The van der Waals surface area contributed by atoms with Crippen LogP contribution in [0.15, 0.2) is 51.4 Å². The third-order valence-electron chi connectivity index (χ3n) is 6.19. The van der Waals surface area contributed by atoms with Gasteiger partial charge < -0.3 is 19.2 Å². The molecule has 1 saturated heterocycles. The molecule has 176 valence electrons. The molecule has 1 fully saturated rings. The van der Waals surface area contributed by atoms with Gasteiger partial charge in [-0.15, -0.1) is 0 Å². The second-order valence-corrected chi connectivity index (χ2v) is 8.51.